The molecule has 1 fully saturated rings. The van der Waals surface area contributed by atoms with Gasteiger partial charge in [-0.15, -0.1) is 0 Å². The van der Waals surface area contributed by atoms with Gasteiger partial charge in [0, 0.05) is 17.5 Å². The van der Waals surface area contributed by atoms with Crippen LogP contribution in [0.5, 0.6) is 11.5 Å². The lowest BCUT2D eigenvalue weighted by Gasteiger charge is -2.40. The normalized spacial score (nSPS) is 25.4. The van der Waals surface area contributed by atoms with Crippen molar-refractivity contribution in [1.29, 1.82) is 0 Å². The van der Waals surface area contributed by atoms with Gasteiger partial charge in [0.15, 0.2) is 5.11 Å². The molecular formula is C22H27N3O3S. The molecule has 2 aromatic carbocycles. The number of nitrogens with zero attached hydrogens (tertiary/aromatic N) is 1. The highest BCUT2D eigenvalue weighted by Gasteiger charge is 2.40. The van der Waals surface area contributed by atoms with Crippen LogP contribution < -0.4 is 20.6 Å². The van der Waals surface area contributed by atoms with E-state index in [1.165, 1.54) is 0 Å². The van der Waals surface area contributed by atoms with Gasteiger partial charge >= 0.3 is 0 Å². The molecule has 0 aliphatic carbocycles. The first-order valence-corrected chi connectivity index (χ1v) is 9.91. The van der Waals surface area contributed by atoms with Crippen molar-refractivity contribution in [1.82, 2.24) is 5.43 Å². The van der Waals surface area contributed by atoms with E-state index < -0.39 is 0 Å². The van der Waals surface area contributed by atoms with E-state index in [4.69, 9.17) is 32.2 Å². The number of methoxy groups -OCH3 is 2. The van der Waals surface area contributed by atoms with Gasteiger partial charge in [-0.2, -0.15) is 5.10 Å². The molecule has 1 aliphatic heterocycles. The first kappa shape index (κ1) is 21.1. The van der Waals surface area contributed by atoms with Crippen LogP contribution in [0.2, 0.25) is 0 Å². The Bertz CT molecular complexity index is 806. The molecule has 1 heterocycles. The Balaban J connectivity index is 1.98. The van der Waals surface area contributed by atoms with Crippen LogP contribution in [-0.4, -0.2) is 25.0 Å². The van der Waals surface area contributed by atoms with E-state index in [0.29, 0.717) is 0 Å². The Labute approximate surface area is 177 Å². The lowest BCUT2D eigenvalue weighted by Crippen LogP contribution is -2.40. The molecule has 4 atom stereocenters. The van der Waals surface area contributed by atoms with Crippen LogP contribution in [0.4, 0.5) is 0 Å². The fourth-order valence-electron chi connectivity index (χ4n) is 3.76. The summed E-state index contributed by atoms with van der Waals surface area (Å²) in [5.74, 6) is 1.69. The van der Waals surface area contributed by atoms with Crippen molar-refractivity contribution in [2.24, 2.45) is 22.7 Å². The number of hydrogen-bond donors (Lipinski definition) is 2. The van der Waals surface area contributed by atoms with Crippen LogP contribution in [0.3, 0.4) is 0 Å². The molecule has 0 unspecified atom stereocenters. The van der Waals surface area contributed by atoms with Crippen molar-refractivity contribution in [3.05, 3.63) is 59.7 Å². The van der Waals surface area contributed by atoms with Crippen LogP contribution in [0, 0.1) is 11.8 Å². The van der Waals surface area contributed by atoms with E-state index in [-0.39, 0.29) is 29.2 Å². The molecule has 0 bridgehead atoms. The highest BCUT2D eigenvalue weighted by Crippen LogP contribution is 2.44. The zero-order valence-electron chi connectivity index (χ0n) is 17.1. The maximum Gasteiger partial charge on any atom is 0.184 e. The third kappa shape index (κ3) is 4.68. The zero-order valence-corrected chi connectivity index (χ0v) is 17.9. The lowest BCUT2D eigenvalue weighted by atomic mass is 9.79. The van der Waals surface area contributed by atoms with Gasteiger partial charge in [0.2, 0.25) is 0 Å². The molecule has 0 radical (unpaired) electrons. The fourth-order valence-corrected chi connectivity index (χ4v) is 3.81. The summed E-state index contributed by atoms with van der Waals surface area (Å²) in [6.07, 6.45) is -0.341. The second kappa shape index (κ2) is 9.24. The Morgan fingerprint density at radius 1 is 0.897 bits per heavy atom. The molecule has 0 amide bonds. The number of ether oxygens (including phenoxy) is 3. The number of hydrazone groups is 1. The molecule has 7 heteroatoms. The SMILES string of the molecule is COc1ccc([C@H]2O[C@@H](c3ccc(OC)cc3)[C@H](C)C(=NNC(N)=S)[C@H]2C)cc1. The van der Waals surface area contributed by atoms with E-state index >= 15 is 0 Å². The topological polar surface area (TPSA) is 78.1 Å². The summed E-state index contributed by atoms with van der Waals surface area (Å²) in [5, 5.41) is 4.68. The second-order valence-electron chi connectivity index (χ2n) is 7.11. The molecule has 0 spiro atoms. The molecule has 1 saturated heterocycles. The van der Waals surface area contributed by atoms with Crippen LogP contribution in [-0.2, 0) is 4.74 Å². The van der Waals surface area contributed by atoms with Crippen LogP contribution in [0.25, 0.3) is 0 Å². The highest BCUT2D eigenvalue weighted by atomic mass is 32.1. The van der Waals surface area contributed by atoms with Gasteiger partial charge in [-0.1, -0.05) is 38.1 Å². The molecule has 6 nitrogen and oxygen atoms in total. The number of nitrogens with two attached hydrogens (primary N) is 1. The lowest BCUT2D eigenvalue weighted by molar-refractivity contribution is -0.0638. The molecule has 0 saturated carbocycles. The Morgan fingerprint density at radius 3 is 1.66 bits per heavy atom. The first-order chi connectivity index (χ1) is 13.9. The second-order valence-corrected chi connectivity index (χ2v) is 7.55. The predicted octanol–water partition coefficient (Wildman–Crippen LogP) is 3.98. The Hall–Kier alpha value is -2.64. The van der Waals surface area contributed by atoms with Crippen LogP contribution in [0.15, 0.2) is 53.6 Å². The highest BCUT2D eigenvalue weighted by molar-refractivity contribution is 7.80. The van der Waals surface area contributed by atoms with Crippen molar-refractivity contribution in [3.63, 3.8) is 0 Å². The molecule has 0 aromatic heterocycles. The van der Waals surface area contributed by atoms with Gasteiger partial charge in [0.25, 0.3) is 0 Å². The smallest absolute Gasteiger partial charge is 0.184 e. The molecule has 3 N–H and O–H groups in total. The summed E-state index contributed by atoms with van der Waals surface area (Å²) in [6, 6.07) is 15.9. The van der Waals surface area contributed by atoms with Gasteiger partial charge in [-0.3, -0.25) is 5.43 Å². The average Bonchev–Trinajstić information content (AvgIpc) is 2.74. The molecule has 154 valence electrons. The fraction of sp³-hybridized carbons (Fsp3) is 0.364. The van der Waals surface area contributed by atoms with Crippen molar-refractivity contribution < 1.29 is 14.2 Å². The number of benzene rings is 2. The number of nitrogens with one attached hydrogen (secondary N) is 1. The minimum Gasteiger partial charge on any atom is -0.497 e. The quantitative estimate of drug-likeness (QED) is 0.570. The van der Waals surface area contributed by atoms with E-state index in [0.717, 1.165) is 28.3 Å². The summed E-state index contributed by atoms with van der Waals surface area (Å²) in [5.41, 5.74) is 11.5. The van der Waals surface area contributed by atoms with E-state index in [2.05, 4.69) is 24.4 Å². The summed E-state index contributed by atoms with van der Waals surface area (Å²) >= 11 is 4.94. The minimum absolute atomic E-state index is 0.0368. The van der Waals surface area contributed by atoms with Gasteiger partial charge in [0.1, 0.15) is 11.5 Å². The van der Waals surface area contributed by atoms with E-state index in [1.54, 1.807) is 14.2 Å². The molecular weight excluding hydrogens is 386 g/mol. The van der Waals surface area contributed by atoms with Crippen LogP contribution in [0.1, 0.15) is 37.2 Å². The molecule has 1 aliphatic rings. The maximum absolute atomic E-state index is 6.61. The van der Waals surface area contributed by atoms with Crippen molar-refractivity contribution in [2.75, 3.05) is 14.2 Å². The maximum atomic E-state index is 6.61. The Morgan fingerprint density at radius 2 is 1.31 bits per heavy atom. The minimum atomic E-state index is -0.170. The van der Waals surface area contributed by atoms with Crippen LogP contribution >= 0.6 is 12.2 Å². The molecule has 2 aromatic rings. The summed E-state index contributed by atoms with van der Waals surface area (Å²) in [6.45, 7) is 4.21. The van der Waals surface area contributed by atoms with Gasteiger partial charge < -0.3 is 19.9 Å². The van der Waals surface area contributed by atoms with Gasteiger partial charge in [0.05, 0.1) is 26.4 Å². The zero-order chi connectivity index (χ0) is 21.0. The van der Waals surface area contributed by atoms with Crippen molar-refractivity contribution in [2.45, 2.75) is 26.1 Å². The number of thiocarbonyl (C=S) groups is 1. The van der Waals surface area contributed by atoms with Crippen molar-refractivity contribution >= 4 is 23.0 Å². The molecule has 3 rings (SSSR count). The molecule has 29 heavy (non-hydrogen) atoms. The number of rotatable bonds is 5. The van der Waals surface area contributed by atoms with Gasteiger partial charge in [-0.05, 0) is 47.6 Å². The third-order valence-corrected chi connectivity index (χ3v) is 5.41. The number of hydrogen-bond acceptors (Lipinski definition) is 5. The van der Waals surface area contributed by atoms with Gasteiger partial charge in [-0.25, -0.2) is 0 Å². The Kier molecular flexibility index (Phi) is 6.71. The summed E-state index contributed by atoms with van der Waals surface area (Å²) in [7, 11) is 3.31. The summed E-state index contributed by atoms with van der Waals surface area (Å²) < 4.78 is 17.2. The van der Waals surface area contributed by atoms with E-state index in [9.17, 15) is 0 Å². The monoisotopic (exact) mass is 413 g/mol. The van der Waals surface area contributed by atoms with E-state index in [1.807, 2.05) is 48.5 Å². The standard InChI is InChI=1S/C22H27N3O3S/c1-13-19(24-25-22(23)29)14(2)21(16-7-11-18(27-4)12-8-16)28-20(13)15-5-9-17(26-3)10-6-15/h5-14,20-21H,1-4H3,(H3,23,25,29)/t13-,14-,20-,21+/m1/s1. The average molecular weight is 414 g/mol. The third-order valence-electron chi connectivity index (χ3n) is 5.32. The summed E-state index contributed by atoms with van der Waals surface area (Å²) in [4.78, 5) is 0. The van der Waals surface area contributed by atoms with Crippen molar-refractivity contribution in [3.8, 4) is 11.5 Å². The first-order valence-electron chi connectivity index (χ1n) is 9.50. The predicted molar refractivity (Wildman–Crippen MR) is 118 cm³/mol. The largest absolute Gasteiger partial charge is 0.497 e.